The van der Waals surface area contributed by atoms with E-state index in [1.54, 1.807) is 30.1 Å². The number of hydrogen-bond donors (Lipinski definition) is 0. The first-order chi connectivity index (χ1) is 12.4. The quantitative estimate of drug-likeness (QED) is 0.575. The number of anilines is 1. The maximum absolute atomic E-state index is 12.3. The molecular formula is C20H21NO4S. The van der Waals surface area contributed by atoms with Crippen molar-refractivity contribution in [2.24, 2.45) is 0 Å². The average molecular weight is 371 g/mol. The lowest BCUT2D eigenvalue weighted by Crippen LogP contribution is -2.20. The number of amides is 1. The summed E-state index contributed by atoms with van der Waals surface area (Å²) in [4.78, 5) is 39.5. The maximum Gasteiger partial charge on any atom is 0.348 e. The molecule has 136 valence electrons. The lowest BCUT2D eigenvalue weighted by atomic mass is 10.1. The Hall–Kier alpha value is -2.47. The van der Waals surface area contributed by atoms with E-state index in [1.165, 1.54) is 11.3 Å². The number of esters is 1. The van der Waals surface area contributed by atoms with Gasteiger partial charge in [0.1, 0.15) is 4.88 Å². The number of ketones is 1. The Morgan fingerprint density at radius 2 is 2.04 bits per heavy atom. The van der Waals surface area contributed by atoms with Gasteiger partial charge < -0.3 is 9.64 Å². The van der Waals surface area contributed by atoms with Crippen molar-refractivity contribution in [3.63, 3.8) is 0 Å². The second-order valence-corrected chi connectivity index (χ2v) is 7.67. The molecular weight excluding hydrogens is 350 g/mol. The first kappa shape index (κ1) is 18.3. The van der Waals surface area contributed by atoms with Gasteiger partial charge in [-0.05, 0) is 48.7 Å². The van der Waals surface area contributed by atoms with Crippen LogP contribution in [0.3, 0.4) is 0 Å². The molecule has 0 atom stereocenters. The number of ether oxygens (including phenoxy) is 1. The van der Waals surface area contributed by atoms with Gasteiger partial charge in [0, 0.05) is 23.2 Å². The minimum absolute atomic E-state index is 0.00646. The van der Waals surface area contributed by atoms with Crippen LogP contribution in [-0.4, -0.2) is 31.3 Å². The average Bonchev–Trinajstić information content (AvgIpc) is 3.12. The fourth-order valence-electron chi connectivity index (χ4n) is 3.07. The van der Waals surface area contributed by atoms with Gasteiger partial charge in [-0.1, -0.05) is 13.3 Å². The molecule has 0 radical (unpaired) electrons. The number of nitrogens with zero attached hydrogens (tertiary/aromatic N) is 1. The van der Waals surface area contributed by atoms with Crippen LogP contribution in [0.5, 0.6) is 0 Å². The molecule has 0 saturated heterocycles. The highest BCUT2D eigenvalue weighted by Gasteiger charge is 2.25. The molecule has 0 unspecified atom stereocenters. The number of hydrogen-bond acceptors (Lipinski definition) is 5. The Morgan fingerprint density at radius 1 is 1.27 bits per heavy atom. The summed E-state index contributed by atoms with van der Waals surface area (Å²) in [7, 11) is 1.72. The summed E-state index contributed by atoms with van der Waals surface area (Å²) >= 11 is 1.40. The zero-order valence-corrected chi connectivity index (χ0v) is 15.9. The van der Waals surface area contributed by atoms with Gasteiger partial charge in [-0.3, -0.25) is 9.59 Å². The number of carbonyl (C=O) groups is 3. The molecule has 26 heavy (non-hydrogen) atoms. The zero-order chi connectivity index (χ0) is 18.8. The normalized spacial score (nSPS) is 13.0. The van der Waals surface area contributed by atoms with Crippen LogP contribution in [0.4, 0.5) is 5.69 Å². The molecule has 0 fully saturated rings. The van der Waals surface area contributed by atoms with Crippen molar-refractivity contribution >= 4 is 34.7 Å². The first-order valence-electron chi connectivity index (χ1n) is 8.59. The maximum atomic E-state index is 12.3. The molecule has 0 spiro atoms. The second-order valence-electron chi connectivity index (χ2n) is 6.41. The Balaban J connectivity index is 1.64. The number of rotatable bonds is 6. The Bertz CT molecular complexity index is 884. The van der Waals surface area contributed by atoms with E-state index in [4.69, 9.17) is 4.74 Å². The summed E-state index contributed by atoms with van der Waals surface area (Å²) in [6.45, 7) is 3.78. The van der Waals surface area contributed by atoms with E-state index in [2.05, 4.69) is 6.92 Å². The Morgan fingerprint density at radius 3 is 2.77 bits per heavy atom. The van der Waals surface area contributed by atoms with E-state index >= 15 is 0 Å². The zero-order valence-electron chi connectivity index (χ0n) is 15.1. The van der Waals surface area contributed by atoms with Gasteiger partial charge in [-0.15, -0.1) is 11.3 Å². The van der Waals surface area contributed by atoms with Gasteiger partial charge in [0.2, 0.25) is 5.91 Å². The number of thiophene rings is 1. The highest BCUT2D eigenvalue weighted by atomic mass is 32.1. The molecule has 1 aliphatic rings. The molecule has 6 heteroatoms. The minimum atomic E-state index is -0.468. The fourth-order valence-corrected chi connectivity index (χ4v) is 4.03. The Labute approximate surface area is 156 Å². The number of likely N-dealkylation sites (N-methyl/N-ethyl adjacent to an activating group) is 1. The van der Waals surface area contributed by atoms with Gasteiger partial charge in [0.25, 0.3) is 0 Å². The first-order valence-corrected chi connectivity index (χ1v) is 9.41. The topological polar surface area (TPSA) is 63.7 Å². The SMILES string of the molecule is CCCc1cc(C(=O)OCC(=O)c2ccc3c(c2)CC(=O)N3C)sc1C. The summed E-state index contributed by atoms with van der Waals surface area (Å²) < 4.78 is 5.20. The van der Waals surface area contributed by atoms with Gasteiger partial charge in [-0.25, -0.2) is 4.79 Å². The van der Waals surface area contributed by atoms with Crippen LogP contribution < -0.4 is 4.90 Å². The number of Topliss-reactive ketones (excluding diaryl/α,β-unsaturated/α-hetero) is 1. The fraction of sp³-hybridized carbons (Fsp3) is 0.350. The monoisotopic (exact) mass is 371 g/mol. The number of carbonyl (C=O) groups excluding carboxylic acids is 3. The minimum Gasteiger partial charge on any atom is -0.453 e. The third-order valence-electron chi connectivity index (χ3n) is 4.55. The second kappa shape index (κ2) is 7.41. The van der Waals surface area contributed by atoms with E-state index in [9.17, 15) is 14.4 Å². The lowest BCUT2D eigenvalue weighted by Gasteiger charge is -2.10. The molecule has 2 heterocycles. The molecule has 0 bridgehead atoms. The predicted molar refractivity (Wildman–Crippen MR) is 101 cm³/mol. The van der Waals surface area contributed by atoms with Gasteiger partial charge in [0.05, 0.1) is 6.42 Å². The van der Waals surface area contributed by atoms with E-state index in [-0.39, 0.29) is 18.3 Å². The van der Waals surface area contributed by atoms with E-state index < -0.39 is 5.97 Å². The summed E-state index contributed by atoms with van der Waals surface area (Å²) in [5.74, 6) is -0.734. The number of fused-ring (bicyclic) bond motifs is 1. The van der Waals surface area contributed by atoms with Gasteiger partial charge in [-0.2, -0.15) is 0 Å². The van der Waals surface area contributed by atoms with Crippen LogP contribution in [0.2, 0.25) is 0 Å². The van der Waals surface area contributed by atoms with Crippen molar-refractivity contribution in [3.8, 4) is 0 Å². The molecule has 1 aromatic heterocycles. The molecule has 0 saturated carbocycles. The molecule has 0 aliphatic carbocycles. The van der Waals surface area contributed by atoms with Crippen molar-refractivity contribution in [2.75, 3.05) is 18.6 Å². The highest BCUT2D eigenvalue weighted by molar-refractivity contribution is 7.14. The van der Waals surface area contributed by atoms with Crippen LogP contribution in [-0.2, 0) is 22.4 Å². The van der Waals surface area contributed by atoms with Crippen LogP contribution in [0, 0.1) is 6.92 Å². The van der Waals surface area contributed by atoms with E-state index in [1.807, 2.05) is 13.0 Å². The van der Waals surface area contributed by atoms with Crippen LogP contribution in [0.15, 0.2) is 24.3 Å². The van der Waals surface area contributed by atoms with Crippen molar-refractivity contribution in [2.45, 2.75) is 33.1 Å². The van der Waals surface area contributed by atoms with Crippen LogP contribution >= 0.6 is 11.3 Å². The molecule has 1 aromatic carbocycles. The third-order valence-corrected chi connectivity index (χ3v) is 5.63. The van der Waals surface area contributed by atoms with Crippen molar-refractivity contribution < 1.29 is 19.1 Å². The number of benzene rings is 1. The number of aryl methyl sites for hydroxylation is 2. The largest absolute Gasteiger partial charge is 0.453 e. The molecule has 5 nitrogen and oxygen atoms in total. The third kappa shape index (κ3) is 3.55. The molecule has 3 rings (SSSR count). The van der Waals surface area contributed by atoms with Gasteiger partial charge >= 0.3 is 5.97 Å². The molecule has 2 aromatic rings. The molecule has 0 N–H and O–H groups in total. The molecule has 1 amide bonds. The summed E-state index contributed by atoms with van der Waals surface area (Å²) in [6.07, 6.45) is 2.23. The van der Waals surface area contributed by atoms with Crippen molar-refractivity contribution in [1.29, 1.82) is 0 Å². The summed E-state index contributed by atoms with van der Waals surface area (Å²) in [5.41, 5.74) is 3.26. The predicted octanol–water partition coefficient (Wildman–Crippen LogP) is 3.57. The lowest BCUT2D eigenvalue weighted by molar-refractivity contribution is -0.117. The molecule has 1 aliphatic heterocycles. The van der Waals surface area contributed by atoms with E-state index in [0.29, 0.717) is 16.9 Å². The summed E-state index contributed by atoms with van der Waals surface area (Å²) in [5, 5.41) is 0. The standard InChI is InChI=1S/C20H21NO4S/c1-4-5-13-9-18(26-12(13)2)20(24)25-11-17(22)14-6-7-16-15(8-14)10-19(23)21(16)3/h6-9H,4-5,10-11H2,1-3H3. The van der Waals surface area contributed by atoms with Crippen molar-refractivity contribution in [3.05, 3.63) is 50.7 Å². The van der Waals surface area contributed by atoms with Crippen LogP contribution in [0.1, 0.15) is 49.4 Å². The Kier molecular flexibility index (Phi) is 5.23. The van der Waals surface area contributed by atoms with Crippen molar-refractivity contribution in [1.82, 2.24) is 0 Å². The van der Waals surface area contributed by atoms with E-state index in [0.717, 1.165) is 34.5 Å². The van der Waals surface area contributed by atoms with Crippen LogP contribution in [0.25, 0.3) is 0 Å². The van der Waals surface area contributed by atoms with Gasteiger partial charge in [0.15, 0.2) is 12.4 Å². The highest BCUT2D eigenvalue weighted by Crippen LogP contribution is 2.28. The summed E-state index contributed by atoms with van der Waals surface area (Å²) in [6, 6.07) is 6.99. The smallest absolute Gasteiger partial charge is 0.348 e.